The Morgan fingerprint density at radius 3 is 2.65 bits per heavy atom. The van der Waals surface area contributed by atoms with E-state index in [2.05, 4.69) is 22.4 Å². The minimum absolute atomic E-state index is 0.0344. The molecule has 0 spiro atoms. The van der Waals surface area contributed by atoms with E-state index in [1.54, 1.807) is 19.5 Å². The quantitative estimate of drug-likeness (QED) is 0.832. The van der Waals surface area contributed by atoms with Gasteiger partial charge in [0.25, 0.3) is 5.91 Å². The summed E-state index contributed by atoms with van der Waals surface area (Å²) < 4.78 is 5.18. The van der Waals surface area contributed by atoms with Crippen LogP contribution in [0.5, 0.6) is 0 Å². The van der Waals surface area contributed by atoms with Crippen LogP contribution in [0.2, 0.25) is 0 Å². The van der Waals surface area contributed by atoms with Crippen LogP contribution in [-0.4, -0.2) is 49.1 Å². The fourth-order valence-corrected chi connectivity index (χ4v) is 3.38. The second-order valence-electron chi connectivity index (χ2n) is 6.74. The van der Waals surface area contributed by atoms with Crippen LogP contribution in [0, 0.1) is 0 Å². The van der Waals surface area contributed by atoms with E-state index in [0.29, 0.717) is 25.6 Å². The molecule has 1 aliphatic heterocycles. The summed E-state index contributed by atoms with van der Waals surface area (Å²) in [7, 11) is 1.65. The summed E-state index contributed by atoms with van der Waals surface area (Å²) in [5.74, 6) is 0.585. The third kappa shape index (κ3) is 4.90. The number of aromatic nitrogens is 1. The first-order valence-electron chi connectivity index (χ1n) is 9.25. The highest BCUT2D eigenvalue weighted by Crippen LogP contribution is 2.23. The average molecular weight is 353 g/mol. The Balaban J connectivity index is 1.70. The maximum Gasteiger partial charge on any atom is 0.254 e. The summed E-state index contributed by atoms with van der Waals surface area (Å²) in [6, 6.07) is 12.0. The number of carbonyl (C=O) groups excluding carboxylic acids is 1. The highest BCUT2D eigenvalue weighted by atomic mass is 16.5. The Hall–Kier alpha value is -2.24. The molecule has 138 valence electrons. The minimum Gasteiger partial charge on any atom is -0.383 e. The number of nitrogens with zero attached hydrogens (tertiary/aromatic N) is 2. The normalized spacial score (nSPS) is 17.0. The fraction of sp³-hybridized carbons (Fsp3) is 0.429. The zero-order chi connectivity index (χ0) is 18.2. The molecule has 1 aliphatic rings. The van der Waals surface area contributed by atoms with Crippen molar-refractivity contribution >= 4 is 5.91 Å². The fourth-order valence-electron chi connectivity index (χ4n) is 3.38. The molecule has 1 atom stereocenters. The van der Waals surface area contributed by atoms with E-state index in [1.807, 2.05) is 29.2 Å². The molecule has 5 nitrogen and oxygen atoms in total. The zero-order valence-corrected chi connectivity index (χ0v) is 15.4. The van der Waals surface area contributed by atoms with Crippen molar-refractivity contribution in [3.05, 3.63) is 65.5 Å². The first-order chi connectivity index (χ1) is 12.8. The number of piperidine rings is 1. The van der Waals surface area contributed by atoms with Crippen LogP contribution in [0.4, 0.5) is 0 Å². The van der Waals surface area contributed by atoms with E-state index in [4.69, 9.17) is 4.74 Å². The summed E-state index contributed by atoms with van der Waals surface area (Å²) in [6.45, 7) is 3.76. The highest BCUT2D eigenvalue weighted by molar-refractivity contribution is 5.94. The van der Waals surface area contributed by atoms with Gasteiger partial charge in [0.15, 0.2) is 0 Å². The number of hydrogen-bond acceptors (Lipinski definition) is 4. The number of ether oxygens (including phenoxy) is 1. The van der Waals surface area contributed by atoms with Crippen LogP contribution >= 0.6 is 0 Å². The van der Waals surface area contributed by atoms with Gasteiger partial charge in [-0.25, -0.2) is 0 Å². The number of amides is 1. The molecule has 1 fully saturated rings. The van der Waals surface area contributed by atoms with Gasteiger partial charge in [0.05, 0.1) is 6.61 Å². The standard InChI is InChI=1S/C21H27N3O2/c1-26-14-13-24(16-17-8-11-22-12-9-17)21(25)19-6-4-18(5-7-19)20-3-2-10-23-15-20/h4-9,11-12,20,23H,2-3,10,13-16H2,1H3. The molecule has 1 N–H and O–H groups in total. The molecular weight excluding hydrogens is 326 g/mol. The molecule has 0 aliphatic carbocycles. The molecule has 1 saturated heterocycles. The van der Waals surface area contributed by atoms with Gasteiger partial charge >= 0.3 is 0 Å². The van der Waals surface area contributed by atoms with Gasteiger partial charge in [-0.2, -0.15) is 0 Å². The zero-order valence-electron chi connectivity index (χ0n) is 15.4. The second kappa shape index (κ2) is 9.46. The average Bonchev–Trinajstić information content (AvgIpc) is 2.72. The molecular formula is C21H27N3O2. The maximum atomic E-state index is 13.0. The van der Waals surface area contributed by atoms with Gasteiger partial charge in [-0.15, -0.1) is 0 Å². The lowest BCUT2D eigenvalue weighted by Crippen LogP contribution is -2.33. The molecule has 1 amide bonds. The van der Waals surface area contributed by atoms with Crippen molar-refractivity contribution in [3.8, 4) is 0 Å². The smallest absolute Gasteiger partial charge is 0.254 e. The summed E-state index contributed by atoms with van der Waals surface area (Å²) in [5.41, 5.74) is 3.10. The molecule has 0 saturated carbocycles. The van der Waals surface area contributed by atoms with Crippen LogP contribution in [0.15, 0.2) is 48.8 Å². The van der Waals surface area contributed by atoms with Gasteiger partial charge in [-0.05, 0) is 60.7 Å². The Morgan fingerprint density at radius 1 is 1.23 bits per heavy atom. The van der Waals surface area contributed by atoms with Crippen molar-refractivity contribution in [2.45, 2.75) is 25.3 Å². The van der Waals surface area contributed by atoms with Crippen LogP contribution in [0.3, 0.4) is 0 Å². The predicted molar refractivity (Wildman–Crippen MR) is 102 cm³/mol. The molecule has 2 heterocycles. The molecule has 1 unspecified atom stereocenters. The van der Waals surface area contributed by atoms with Crippen molar-refractivity contribution in [1.29, 1.82) is 0 Å². The highest BCUT2D eigenvalue weighted by Gasteiger charge is 2.18. The van der Waals surface area contributed by atoms with Gasteiger partial charge in [0.1, 0.15) is 0 Å². The number of pyridine rings is 1. The van der Waals surface area contributed by atoms with Crippen LogP contribution in [0.1, 0.15) is 40.2 Å². The monoisotopic (exact) mass is 353 g/mol. The lowest BCUT2D eigenvalue weighted by atomic mass is 9.91. The first-order valence-corrected chi connectivity index (χ1v) is 9.25. The van der Waals surface area contributed by atoms with Crippen LogP contribution < -0.4 is 5.32 Å². The molecule has 0 radical (unpaired) electrons. The van der Waals surface area contributed by atoms with Crippen LogP contribution in [-0.2, 0) is 11.3 Å². The third-order valence-corrected chi connectivity index (χ3v) is 4.90. The number of methoxy groups -OCH3 is 1. The molecule has 2 aromatic rings. The largest absolute Gasteiger partial charge is 0.383 e. The maximum absolute atomic E-state index is 13.0. The van der Waals surface area contributed by atoms with Gasteiger partial charge in [-0.1, -0.05) is 12.1 Å². The molecule has 1 aromatic carbocycles. The Bertz CT molecular complexity index is 682. The molecule has 1 aromatic heterocycles. The summed E-state index contributed by atoms with van der Waals surface area (Å²) in [4.78, 5) is 18.9. The van der Waals surface area contributed by atoms with Gasteiger partial charge in [0, 0.05) is 44.7 Å². The van der Waals surface area contributed by atoms with E-state index < -0.39 is 0 Å². The molecule has 5 heteroatoms. The Labute approximate surface area is 155 Å². The Kier molecular flexibility index (Phi) is 6.75. The minimum atomic E-state index is 0.0344. The van der Waals surface area contributed by atoms with Gasteiger partial charge in [0.2, 0.25) is 0 Å². The van der Waals surface area contributed by atoms with E-state index >= 15 is 0 Å². The molecule has 26 heavy (non-hydrogen) atoms. The van der Waals surface area contributed by atoms with E-state index in [-0.39, 0.29) is 5.91 Å². The number of benzene rings is 1. The first kappa shape index (κ1) is 18.5. The summed E-state index contributed by atoms with van der Waals surface area (Å²) in [5, 5.41) is 3.45. The Morgan fingerprint density at radius 2 is 2.00 bits per heavy atom. The molecule has 3 rings (SSSR count). The van der Waals surface area contributed by atoms with Crippen molar-refractivity contribution < 1.29 is 9.53 Å². The molecule has 0 bridgehead atoms. The lowest BCUT2D eigenvalue weighted by molar-refractivity contribution is 0.0680. The third-order valence-electron chi connectivity index (χ3n) is 4.90. The van der Waals surface area contributed by atoms with Gasteiger partial charge < -0.3 is 15.0 Å². The SMILES string of the molecule is COCCN(Cc1ccncc1)C(=O)c1ccc(C2CCCNC2)cc1. The summed E-state index contributed by atoms with van der Waals surface area (Å²) in [6.07, 6.45) is 5.92. The van der Waals surface area contributed by atoms with E-state index in [0.717, 1.165) is 24.2 Å². The van der Waals surface area contributed by atoms with Crippen molar-refractivity contribution in [1.82, 2.24) is 15.2 Å². The lowest BCUT2D eigenvalue weighted by Gasteiger charge is -2.24. The summed E-state index contributed by atoms with van der Waals surface area (Å²) >= 11 is 0. The van der Waals surface area contributed by atoms with Crippen LogP contribution in [0.25, 0.3) is 0 Å². The number of carbonyl (C=O) groups is 1. The number of nitrogens with one attached hydrogen (secondary N) is 1. The van der Waals surface area contributed by atoms with E-state index in [9.17, 15) is 4.79 Å². The topological polar surface area (TPSA) is 54.5 Å². The van der Waals surface area contributed by atoms with Crippen molar-refractivity contribution in [2.24, 2.45) is 0 Å². The number of rotatable bonds is 7. The van der Waals surface area contributed by atoms with Gasteiger partial charge in [-0.3, -0.25) is 9.78 Å². The van der Waals surface area contributed by atoms with Crippen molar-refractivity contribution in [3.63, 3.8) is 0 Å². The predicted octanol–water partition coefficient (Wildman–Crippen LogP) is 2.84. The van der Waals surface area contributed by atoms with Crippen molar-refractivity contribution in [2.75, 3.05) is 33.4 Å². The number of hydrogen-bond donors (Lipinski definition) is 1. The van der Waals surface area contributed by atoms with E-state index in [1.165, 1.54) is 18.4 Å². The second-order valence-corrected chi connectivity index (χ2v) is 6.74.